The number of aryl methyl sites for hydroxylation is 1. The van der Waals surface area contributed by atoms with Gasteiger partial charge in [-0.3, -0.25) is 9.48 Å². The zero-order valence-electron chi connectivity index (χ0n) is 15.7. The summed E-state index contributed by atoms with van der Waals surface area (Å²) >= 11 is 4.94. The molecule has 0 bridgehead atoms. The van der Waals surface area contributed by atoms with E-state index in [1.807, 2.05) is 25.2 Å². The summed E-state index contributed by atoms with van der Waals surface area (Å²) in [4.78, 5) is 14.5. The van der Waals surface area contributed by atoms with E-state index in [4.69, 9.17) is 0 Å². The number of thiophene rings is 1. The van der Waals surface area contributed by atoms with Gasteiger partial charge in [0.1, 0.15) is 5.82 Å². The molecular formula is C20H21BrClFN4OS. The maximum Gasteiger partial charge on any atom is 0.261 e. The lowest BCUT2D eigenvalue weighted by Crippen LogP contribution is -2.49. The van der Waals surface area contributed by atoms with Crippen LogP contribution in [0.3, 0.4) is 0 Å². The highest BCUT2D eigenvalue weighted by Crippen LogP contribution is 2.33. The molecule has 2 atom stereocenters. The van der Waals surface area contributed by atoms with Crippen molar-refractivity contribution in [2.75, 3.05) is 13.1 Å². The van der Waals surface area contributed by atoms with E-state index in [0.29, 0.717) is 11.4 Å². The van der Waals surface area contributed by atoms with Gasteiger partial charge in [0.05, 0.1) is 26.1 Å². The van der Waals surface area contributed by atoms with Crippen LogP contribution in [0.25, 0.3) is 10.6 Å². The van der Waals surface area contributed by atoms with Crippen molar-refractivity contribution in [1.82, 2.24) is 20.4 Å². The topological polar surface area (TPSA) is 59.0 Å². The molecule has 2 N–H and O–H groups in total. The lowest BCUT2D eigenvalue weighted by Gasteiger charge is -2.33. The third kappa shape index (κ3) is 4.71. The van der Waals surface area contributed by atoms with Crippen LogP contribution >= 0.6 is 39.7 Å². The van der Waals surface area contributed by atoms with Gasteiger partial charge in [0, 0.05) is 25.6 Å². The number of amides is 1. The predicted octanol–water partition coefficient (Wildman–Crippen LogP) is 4.35. The summed E-state index contributed by atoms with van der Waals surface area (Å²) in [5.41, 5.74) is 1.87. The molecule has 1 fully saturated rings. The number of aromatic nitrogens is 2. The van der Waals surface area contributed by atoms with Gasteiger partial charge in [0.25, 0.3) is 5.91 Å². The van der Waals surface area contributed by atoms with E-state index >= 15 is 0 Å². The second-order valence-corrected chi connectivity index (χ2v) is 8.80. The second-order valence-electron chi connectivity index (χ2n) is 6.86. The maximum absolute atomic E-state index is 13.7. The molecule has 0 unspecified atom stereocenters. The minimum atomic E-state index is -0.245. The van der Waals surface area contributed by atoms with Gasteiger partial charge in [0.2, 0.25) is 0 Å². The van der Waals surface area contributed by atoms with E-state index in [0.717, 1.165) is 33.6 Å². The van der Waals surface area contributed by atoms with Crippen LogP contribution in [-0.4, -0.2) is 34.8 Å². The molecule has 1 aliphatic heterocycles. The van der Waals surface area contributed by atoms with E-state index in [1.165, 1.54) is 17.4 Å². The Labute approximate surface area is 187 Å². The van der Waals surface area contributed by atoms with Gasteiger partial charge in [-0.2, -0.15) is 5.10 Å². The first-order chi connectivity index (χ1) is 13.5. The fourth-order valence-electron chi connectivity index (χ4n) is 3.66. The number of hydrogen-bond donors (Lipinski definition) is 2. The van der Waals surface area contributed by atoms with Crippen molar-refractivity contribution in [2.24, 2.45) is 7.05 Å². The smallest absolute Gasteiger partial charge is 0.261 e. The summed E-state index contributed by atoms with van der Waals surface area (Å²) < 4.78 is 16.3. The number of carbonyl (C=O) groups is 1. The fourth-order valence-corrected chi connectivity index (χ4v) is 5.35. The van der Waals surface area contributed by atoms with E-state index in [1.54, 1.807) is 23.0 Å². The molecule has 3 heterocycles. The largest absolute Gasteiger partial charge is 0.347 e. The van der Waals surface area contributed by atoms with E-state index < -0.39 is 0 Å². The van der Waals surface area contributed by atoms with Crippen LogP contribution in [0.1, 0.15) is 27.6 Å². The number of halogens is 3. The van der Waals surface area contributed by atoms with Gasteiger partial charge < -0.3 is 10.6 Å². The zero-order chi connectivity index (χ0) is 19.7. The Kier molecular flexibility index (Phi) is 7.10. The SMILES string of the molecule is Cl.Cn1ncc(Br)c1-c1ccc(C(=O)N[C@@H]2CNCC[C@H]2c2cccc(F)c2)s1. The number of rotatable bonds is 4. The molecular weight excluding hydrogens is 479 g/mol. The first-order valence-corrected chi connectivity index (χ1v) is 10.7. The lowest BCUT2D eigenvalue weighted by molar-refractivity contribution is 0.0928. The summed E-state index contributed by atoms with van der Waals surface area (Å²) in [5, 5.41) is 10.7. The Bertz CT molecular complexity index is 989. The predicted molar refractivity (Wildman–Crippen MR) is 119 cm³/mol. The molecule has 0 saturated carbocycles. The third-order valence-electron chi connectivity index (χ3n) is 5.03. The van der Waals surface area contributed by atoms with Crippen molar-refractivity contribution < 1.29 is 9.18 Å². The molecule has 0 spiro atoms. The van der Waals surface area contributed by atoms with Gasteiger partial charge >= 0.3 is 0 Å². The third-order valence-corrected chi connectivity index (χ3v) is 6.70. The highest BCUT2D eigenvalue weighted by atomic mass is 79.9. The lowest BCUT2D eigenvalue weighted by atomic mass is 9.86. The second kappa shape index (κ2) is 9.38. The number of piperidine rings is 1. The van der Waals surface area contributed by atoms with E-state index in [9.17, 15) is 9.18 Å². The van der Waals surface area contributed by atoms with Crippen LogP contribution in [0.5, 0.6) is 0 Å². The van der Waals surface area contributed by atoms with Crippen molar-refractivity contribution in [3.8, 4) is 10.6 Å². The molecule has 0 aliphatic carbocycles. The van der Waals surface area contributed by atoms with Gasteiger partial charge in [-0.15, -0.1) is 23.7 Å². The normalized spacial score (nSPS) is 18.9. The monoisotopic (exact) mass is 498 g/mol. The first-order valence-electron chi connectivity index (χ1n) is 9.07. The zero-order valence-corrected chi connectivity index (χ0v) is 18.9. The van der Waals surface area contributed by atoms with Crippen molar-refractivity contribution >= 4 is 45.6 Å². The average molecular weight is 500 g/mol. The van der Waals surface area contributed by atoms with Crippen LogP contribution in [0.15, 0.2) is 47.1 Å². The Balaban J connectivity index is 0.00000240. The Morgan fingerprint density at radius 2 is 2.21 bits per heavy atom. The highest BCUT2D eigenvalue weighted by Gasteiger charge is 2.28. The van der Waals surface area contributed by atoms with Crippen molar-refractivity contribution in [3.05, 3.63) is 63.3 Å². The quantitative estimate of drug-likeness (QED) is 0.561. The Morgan fingerprint density at radius 1 is 1.38 bits per heavy atom. The van der Waals surface area contributed by atoms with Crippen LogP contribution < -0.4 is 10.6 Å². The van der Waals surface area contributed by atoms with Crippen molar-refractivity contribution in [1.29, 1.82) is 0 Å². The fraction of sp³-hybridized carbons (Fsp3) is 0.300. The average Bonchev–Trinajstić information content (AvgIpc) is 3.28. The number of benzene rings is 1. The molecule has 1 aromatic carbocycles. The molecule has 3 aromatic rings. The maximum atomic E-state index is 13.7. The van der Waals surface area contributed by atoms with Crippen LogP contribution in [-0.2, 0) is 7.05 Å². The molecule has 4 rings (SSSR count). The molecule has 2 aromatic heterocycles. The van der Waals surface area contributed by atoms with Gasteiger partial charge in [-0.1, -0.05) is 12.1 Å². The van der Waals surface area contributed by atoms with E-state index in [-0.39, 0.29) is 36.1 Å². The summed E-state index contributed by atoms with van der Waals surface area (Å²) in [7, 11) is 1.87. The Morgan fingerprint density at radius 3 is 2.93 bits per heavy atom. The molecule has 0 radical (unpaired) electrons. The number of nitrogens with zero attached hydrogens (tertiary/aromatic N) is 2. The van der Waals surface area contributed by atoms with E-state index in [2.05, 4.69) is 31.7 Å². The molecule has 5 nitrogen and oxygen atoms in total. The summed E-state index contributed by atoms with van der Waals surface area (Å²) in [5.74, 6) is -0.262. The first kappa shape index (κ1) is 22.0. The molecule has 1 aliphatic rings. The highest BCUT2D eigenvalue weighted by molar-refractivity contribution is 9.10. The van der Waals surface area contributed by atoms with Crippen molar-refractivity contribution in [3.63, 3.8) is 0 Å². The van der Waals surface area contributed by atoms with Gasteiger partial charge in [-0.05, 0) is 58.7 Å². The summed E-state index contributed by atoms with van der Waals surface area (Å²) in [6.07, 6.45) is 2.60. The molecule has 1 amide bonds. The summed E-state index contributed by atoms with van der Waals surface area (Å²) in [6, 6.07) is 10.4. The molecule has 29 heavy (non-hydrogen) atoms. The minimum Gasteiger partial charge on any atom is -0.347 e. The number of hydrogen-bond acceptors (Lipinski definition) is 4. The minimum absolute atomic E-state index is 0. The molecule has 9 heteroatoms. The van der Waals surface area contributed by atoms with Gasteiger partial charge in [0.15, 0.2) is 0 Å². The van der Waals surface area contributed by atoms with Crippen LogP contribution in [0.2, 0.25) is 0 Å². The standard InChI is InChI=1S/C20H20BrFN4OS.ClH/c1-26-19(15(21)10-24-26)17-5-6-18(28-17)20(27)25-16-11-23-8-7-14(16)12-3-2-4-13(22)9-12;/h2-6,9-10,14,16,23H,7-8,11H2,1H3,(H,25,27);1H/t14-,16+;/m0./s1. The molecule has 154 valence electrons. The molecule has 1 saturated heterocycles. The summed E-state index contributed by atoms with van der Waals surface area (Å²) in [6.45, 7) is 1.52. The van der Waals surface area contributed by atoms with Gasteiger partial charge in [-0.25, -0.2) is 4.39 Å². The number of carbonyl (C=O) groups excluding carboxylic acids is 1. The number of nitrogens with one attached hydrogen (secondary N) is 2. The van der Waals surface area contributed by atoms with Crippen molar-refractivity contribution in [2.45, 2.75) is 18.4 Å². The Hall–Kier alpha value is -1.74. The van der Waals surface area contributed by atoms with Crippen LogP contribution in [0.4, 0.5) is 4.39 Å². The van der Waals surface area contributed by atoms with Crippen LogP contribution in [0, 0.1) is 5.82 Å².